The number of nitrogens with one attached hydrogen (secondary N) is 3. The normalized spacial score (nSPS) is 10.5. The summed E-state index contributed by atoms with van der Waals surface area (Å²) in [4.78, 5) is 36.0. The lowest BCUT2D eigenvalue weighted by Gasteiger charge is -2.10. The Morgan fingerprint density at radius 3 is 2.47 bits per heavy atom. The fourth-order valence-corrected chi connectivity index (χ4v) is 3.05. The number of amides is 3. The zero-order valence-electron chi connectivity index (χ0n) is 19.0. The highest BCUT2D eigenvalue weighted by Crippen LogP contribution is 2.16. The van der Waals surface area contributed by atoms with E-state index in [0.717, 1.165) is 22.4 Å². The van der Waals surface area contributed by atoms with E-state index >= 15 is 0 Å². The molecule has 3 aromatic carbocycles. The maximum Gasteiger partial charge on any atom is 0.329 e. The Morgan fingerprint density at radius 1 is 0.912 bits per heavy atom. The van der Waals surface area contributed by atoms with Gasteiger partial charge in [0.1, 0.15) is 5.75 Å². The number of nitrogens with zero attached hydrogens (tertiary/aromatic N) is 1. The third-order valence-corrected chi connectivity index (χ3v) is 4.77. The maximum atomic E-state index is 12.2. The molecule has 3 amide bonds. The first-order valence-corrected chi connectivity index (χ1v) is 10.7. The van der Waals surface area contributed by atoms with Crippen LogP contribution in [0.15, 0.2) is 77.9 Å². The third kappa shape index (κ3) is 7.59. The first kappa shape index (κ1) is 24.2. The highest BCUT2D eigenvalue weighted by atomic mass is 16.5. The van der Waals surface area contributed by atoms with E-state index in [1.165, 1.54) is 6.21 Å². The minimum Gasteiger partial charge on any atom is -0.484 e. The number of aryl methyl sites for hydroxylation is 2. The molecule has 0 heterocycles. The molecule has 8 heteroatoms. The van der Waals surface area contributed by atoms with Crippen LogP contribution in [0.2, 0.25) is 0 Å². The van der Waals surface area contributed by atoms with Crippen molar-refractivity contribution in [2.75, 3.05) is 11.9 Å². The largest absolute Gasteiger partial charge is 0.484 e. The van der Waals surface area contributed by atoms with Crippen molar-refractivity contribution in [2.24, 2.45) is 5.10 Å². The molecular weight excluding hydrogens is 432 g/mol. The second-order valence-electron chi connectivity index (χ2n) is 7.60. The number of ether oxygens (including phenoxy) is 1. The van der Waals surface area contributed by atoms with Crippen LogP contribution >= 0.6 is 0 Å². The molecule has 0 spiro atoms. The predicted octanol–water partition coefficient (Wildman–Crippen LogP) is 3.09. The lowest BCUT2D eigenvalue weighted by molar-refractivity contribution is -0.139. The number of carbonyl (C=O) groups excluding carboxylic acids is 3. The van der Waals surface area contributed by atoms with E-state index in [1.54, 1.807) is 24.3 Å². The Morgan fingerprint density at radius 2 is 1.71 bits per heavy atom. The summed E-state index contributed by atoms with van der Waals surface area (Å²) in [6, 6.07) is 21.9. The first-order chi connectivity index (χ1) is 16.4. The molecular formula is C26H26N4O4. The highest BCUT2D eigenvalue weighted by Gasteiger charge is 2.12. The summed E-state index contributed by atoms with van der Waals surface area (Å²) in [6.07, 6.45) is 1.38. The van der Waals surface area contributed by atoms with Crippen LogP contribution in [0.25, 0.3) is 0 Å². The average molecular weight is 459 g/mol. The van der Waals surface area contributed by atoms with Crippen molar-refractivity contribution in [1.82, 2.24) is 10.7 Å². The molecule has 0 aromatic heterocycles. The molecule has 0 unspecified atom stereocenters. The summed E-state index contributed by atoms with van der Waals surface area (Å²) in [5.41, 5.74) is 6.52. The van der Waals surface area contributed by atoms with Crippen LogP contribution in [0.5, 0.6) is 5.75 Å². The maximum absolute atomic E-state index is 12.2. The summed E-state index contributed by atoms with van der Waals surface area (Å²) in [6.45, 7) is 4.00. The van der Waals surface area contributed by atoms with Gasteiger partial charge in [0.2, 0.25) is 0 Å². The van der Waals surface area contributed by atoms with Crippen LogP contribution in [0.3, 0.4) is 0 Å². The molecule has 8 nitrogen and oxygen atoms in total. The van der Waals surface area contributed by atoms with Crippen LogP contribution in [0.4, 0.5) is 5.69 Å². The second-order valence-corrected chi connectivity index (χ2v) is 7.60. The van der Waals surface area contributed by atoms with Crippen molar-refractivity contribution in [3.63, 3.8) is 0 Å². The van der Waals surface area contributed by atoms with Crippen molar-refractivity contribution in [3.05, 3.63) is 95.1 Å². The van der Waals surface area contributed by atoms with Crippen molar-refractivity contribution in [1.29, 1.82) is 0 Å². The van der Waals surface area contributed by atoms with E-state index in [-0.39, 0.29) is 19.1 Å². The van der Waals surface area contributed by atoms with E-state index in [0.29, 0.717) is 11.3 Å². The van der Waals surface area contributed by atoms with Gasteiger partial charge >= 0.3 is 11.8 Å². The molecule has 0 aliphatic heterocycles. The van der Waals surface area contributed by atoms with Crippen LogP contribution in [-0.2, 0) is 20.9 Å². The summed E-state index contributed by atoms with van der Waals surface area (Å²) < 4.78 is 5.56. The van der Waals surface area contributed by atoms with Crippen LogP contribution in [0.1, 0.15) is 22.3 Å². The Balaban J connectivity index is 1.45. The van der Waals surface area contributed by atoms with Crippen molar-refractivity contribution in [3.8, 4) is 5.75 Å². The van der Waals surface area contributed by atoms with Gasteiger partial charge in [0.15, 0.2) is 6.61 Å². The quantitative estimate of drug-likeness (QED) is 0.274. The van der Waals surface area contributed by atoms with Crippen molar-refractivity contribution >= 4 is 29.6 Å². The van der Waals surface area contributed by atoms with Crippen LogP contribution in [0, 0.1) is 13.8 Å². The molecule has 0 aliphatic rings. The number of hydrogen-bond acceptors (Lipinski definition) is 5. The van der Waals surface area contributed by atoms with Gasteiger partial charge in [-0.25, -0.2) is 5.43 Å². The van der Waals surface area contributed by atoms with Crippen molar-refractivity contribution < 1.29 is 19.1 Å². The van der Waals surface area contributed by atoms with Gasteiger partial charge in [-0.2, -0.15) is 5.10 Å². The fraction of sp³-hybridized carbons (Fsp3) is 0.154. The van der Waals surface area contributed by atoms with E-state index in [4.69, 9.17) is 4.74 Å². The molecule has 3 aromatic rings. The summed E-state index contributed by atoms with van der Waals surface area (Å²) in [7, 11) is 0. The van der Waals surface area contributed by atoms with Gasteiger partial charge in [0, 0.05) is 12.2 Å². The number of rotatable bonds is 8. The highest BCUT2D eigenvalue weighted by molar-refractivity contribution is 6.35. The van der Waals surface area contributed by atoms with E-state index in [1.807, 2.05) is 62.4 Å². The van der Waals surface area contributed by atoms with Gasteiger partial charge in [0.05, 0.1) is 6.21 Å². The Bertz CT molecular complexity index is 1190. The van der Waals surface area contributed by atoms with E-state index in [9.17, 15) is 14.4 Å². The molecule has 0 saturated heterocycles. The Labute approximate surface area is 198 Å². The molecule has 3 rings (SSSR count). The predicted molar refractivity (Wildman–Crippen MR) is 131 cm³/mol. The molecule has 174 valence electrons. The molecule has 0 fully saturated rings. The number of anilines is 1. The minimum absolute atomic E-state index is 0.160. The zero-order chi connectivity index (χ0) is 24.3. The fourth-order valence-electron chi connectivity index (χ4n) is 3.05. The van der Waals surface area contributed by atoms with Gasteiger partial charge in [-0.15, -0.1) is 0 Å². The number of hydrogen-bond donors (Lipinski definition) is 3. The van der Waals surface area contributed by atoms with Crippen molar-refractivity contribution in [2.45, 2.75) is 20.4 Å². The molecule has 0 bridgehead atoms. The first-order valence-electron chi connectivity index (χ1n) is 10.7. The second kappa shape index (κ2) is 12.0. The van der Waals surface area contributed by atoms with E-state index < -0.39 is 11.8 Å². The third-order valence-electron chi connectivity index (χ3n) is 4.77. The standard InChI is InChI=1S/C26H26N4O4/c1-18-11-12-23(19(2)13-18)29-24(31)17-34-22-10-6-9-21(14-22)16-28-30-26(33)25(32)27-15-20-7-4-3-5-8-20/h3-14,16H,15,17H2,1-2H3,(H,27,32)(H,29,31)(H,30,33)/b28-16-. The number of benzene rings is 3. The lowest BCUT2D eigenvalue weighted by atomic mass is 10.1. The van der Waals surface area contributed by atoms with Crippen LogP contribution in [-0.4, -0.2) is 30.5 Å². The van der Waals surface area contributed by atoms with E-state index in [2.05, 4.69) is 21.2 Å². The molecule has 0 aliphatic carbocycles. The number of hydrazone groups is 1. The van der Waals surface area contributed by atoms with Gasteiger partial charge in [-0.3, -0.25) is 14.4 Å². The Kier molecular flexibility index (Phi) is 8.51. The van der Waals surface area contributed by atoms with Gasteiger partial charge in [-0.05, 0) is 48.7 Å². The summed E-state index contributed by atoms with van der Waals surface area (Å²) >= 11 is 0. The smallest absolute Gasteiger partial charge is 0.329 e. The molecule has 0 radical (unpaired) electrons. The monoisotopic (exact) mass is 458 g/mol. The van der Waals surface area contributed by atoms with Gasteiger partial charge in [0.25, 0.3) is 5.91 Å². The number of carbonyl (C=O) groups is 3. The van der Waals surface area contributed by atoms with Gasteiger partial charge < -0.3 is 15.4 Å². The molecule has 34 heavy (non-hydrogen) atoms. The lowest BCUT2D eigenvalue weighted by Crippen LogP contribution is -2.37. The Hall–Kier alpha value is -4.46. The zero-order valence-corrected chi connectivity index (χ0v) is 19.0. The molecule has 3 N–H and O–H groups in total. The minimum atomic E-state index is -0.873. The van der Waals surface area contributed by atoms with Crippen LogP contribution < -0.4 is 20.8 Å². The topological polar surface area (TPSA) is 109 Å². The molecule has 0 atom stereocenters. The molecule has 0 saturated carbocycles. The summed E-state index contributed by atoms with van der Waals surface area (Å²) in [5, 5.41) is 9.16. The average Bonchev–Trinajstić information content (AvgIpc) is 2.84. The summed E-state index contributed by atoms with van der Waals surface area (Å²) in [5.74, 6) is -1.47. The SMILES string of the molecule is Cc1ccc(NC(=O)COc2cccc(/C=N\NC(=O)C(=O)NCc3ccccc3)c2)c(C)c1. The van der Waals surface area contributed by atoms with Gasteiger partial charge in [-0.1, -0.05) is 60.2 Å².